The topological polar surface area (TPSA) is 230 Å². The quantitative estimate of drug-likeness (QED) is 0.0387. The van der Waals surface area contributed by atoms with Crippen LogP contribution < -0.4 is 0 Å². The molecule has 0 aromatic heterocycles. The Morgan fingerprint density at radius 3 is 0.871 bits per heavy atom. The summed E-state index contributed by atoms with van der Waals surface area (Å²) in [6.45, 7) is 23.8. The van der Waals surface area contributed by atoms with Crippen LogP contribution in [0.25, 0.3) is 0 Å². The van der Waals surface area contributed by atoms with Crippen LogP contribution in [0.4, 0.5) is 0 Å². The van der Waals surface area contributed by atoms with Crippen LogP contribution in [0.3, 0.4) is 0 Å². The number of hydrogen-bond donors (Lipinski definition) is 8. The Balaban J connectivity index is -0.000000356. The highest BCUT2D eigenvalue weighted by molar-refractivity contribution is 5.88. The van der Waals surface area contributed by atoms with Gasteiger partial charge in [0.25, 0.3) is 0 Å². The number of carboxylic acid groups (broad SMARTS) is 4. The van der Waals surface area contributed by atoms with Crippen molar-refractivity contribution in [2.45, 2.75) is 157 Å². The van der Waals surface area contributed by atoms with Crippen molar-refractivity contribution in [3.8, 4) is 0 Å². The molecular formula is C58H88O12. The lowest BCUT2D eigenvalue weighted by molar-refractivity contribution is 0.0686. The molecule has 0 heterocycles. The van der Waals surface area contributed by atoms with Gasteiger partial charge in [-0.15, -0.1) is 13.2 Å². The van der Waals surface area contributed by atoms with E-state index in [-0.39, 0.29) is 24.4 Å². The molecule has 70 heavy (non-hydrogen) atoms. The summed E-state index contributed by atoms with van der Waals surface area (Å²) < 4.78 is 0. The van der Waals surface area contributed by atoms with Gasteiger partial charge in [-0.2, -0.15) is 0 Å². The number of aromatic carboxylic acids is 4. The first kappa shape index (κ1) is 70.6. The fourth-order valence-electron chi connectivity index (χ4n) is 5.51. The second-order valence-corrected chi connectivity index (χ2v) is 16.5. The molecule has 0 spiro atoms. The van der Waals surface area contributed by atoms with E-state index in [1.54, 1.807) is 135 Å². The van der Waals surface area contributed by atoms with Crippen molar-refractivity contribution in [3.05, 3.63) is 169 Å². The molecule has 6 atom stereocenters. The highest BCUT2D eigenvalue weighted by Crippen LogP contribution is 2.10. The molecule has 12 heteroatoms. The molecule has 0 saturated heterocycles. The summed E-state index contributed by atoms with van der Waals surface area (Å²) in [6.07, 6.45) is 14.8. The molecule has 0 fully saturated rings. The van der Waals surface area contributed by atoms with E-state index in [0.717, 1.165) is 37.5 Å². The highest BCUT2D eigenvalue weighted by atomic mass is 16.4. The number of benzene rings is 4. The average Bonchev–Trinajstić information content (AvgIpc) is 3.33. The minimum Gasteiger partial charge on any atom is -0.478 e. The lowest BCUT2D eigenvalue weighted by Gasteiger charge is -2.09. The molecule has 8 N–H and O–H groups in total. The van der Waals surface area contributed by atoms with Crippen molar-refractivity contribution < 1.29 is 60.0 Å². The van der Waals surface area contributed by atoms with Crippen LogP contribution in [0.15, 0.2) is 147 Å². The number of aliphatic hydroxyl groups is 4. The summed E-state index contributed by atoms with van der Waals surface area (Å²) in [6, 6.07) is 33.2. The Bertz CT molecular complexity index is 1600. The maximum atomic E-state index is 10.2. The summed E-state index contributed by atoms with van der Waals surface area (Å²) in [7, 11) is 0. The van der Waals surface area contributed by atoms with Gasteiger partial charge in [0, 0.05) is 0 Å². The molecule has 4 aromatic carbocycles. The first-order valence-electron chi connectivity index (χ1n) is 24.2. The largest absolute Gasteiger partial charge is 0.478 e. The summed E-state index contributed by atoms with van der Waals surface area (Å²) in [5.41, 5.74) is 1.32. The summed E-state index contributed by atoms with van der Waals surface area (Å²) >= 11 is 0. The second-order valence-electron chi connectivity index (χ2n) is 16.5. The van der Waals surface area contributed by atoms with Gasteiger partial charge in [0.15, 0.2) is 0 Å². The molecule has 4 aromatic rings. The van der Waals surface area contributed by atoms with E-state index in [2.05, 4.69) is 40.9 Å². The predicted molar refractivity (Wildman–Crippen MR) is 286 cm³/mol. The Labute approximate surface area is 420 Å². The van der Waals surface area contributed by atoms with E-state index in [1.165, 1.54) is 38.5 Å². The van der Waals surface area contributed by atoms with Crippen LogP contribution in [0.1, 0.15) is 174 Å². The number of hydrogen-bond acceptors (Lipinski definition) is 8. The van der Waals surface area contributed by atoms with E-state index >= 15 is 0 Å². The molecule has 12 nitrogen and oxygen atoms in total. The predicted octanol–water partition coefficient (Wildman–Crippen LogP) is 13.4. The van der Waals surface area contributed by atoms with E-state index in [1.807, 2.05) is 26.0 Å². The first-order valence-corrected chi connectivity index (χ1v) is 24.2. The van der Waals surface area contributed by atoms with Gasteiger partial charge in [0.05, 0.1) is 46.7 Å². The standard InChI is InChI=1S/2C8H16.4C7H6O2.2C7H16O2/c1-4-6-7-8(3)5-2;1-4-6-8(3)7-5-2;4*8-7(9)6-4-2-1-3-5-6;2*1-3-4-7(9)5-6(2)8/h2*4,8H,1,5-7H2,2-3H3;4*1-5H,(H,8,9);2*6-9H,3-5H2,1-2H3. The molecular weight excluding hydrogens is 889 g/mol. The molecule has 392 valence electrons. The number of carboxylic acids is 4. The third kappa shape index (κ3) is 50.0. The number of allylic oxidation sites excluding steroid dienone is 2. The molecule has 6 unspecified atom stereocenters. The van der Waals surface area contributed by atoms with Crippen molar-refractivity contribution in [3.63, 3.8) is 0 Å². The van der Waals surface area contributed by atoms with E-state index in [9.17, 15) is 19.2 Å². The SMILES string of the molecule is C=CCC(C)CCC.C=CCCC(C)CC.CCCC(O)CC(C)O.CCCC(O)CC(C)O.O=C(O)c1ccccc1.O=C(O)c1ccccc1.O=C(O)c1ccccc1.O=C(O)c1ccccc1. The molecule has 0 aliphatic heterocycles. The fraction of sp³-hybridized carbons (Fsp3) is 0.448. The molecule has 0 radical (unpaired) electrons. The third-order valence-corrected chi connectivity index (χ3v) is 9.46. The van der Waals surface area contributed by atoms with Crippen molar-refractivity contribution in [2.75, 3.05) is 0 Å². The Kier molecular flexibility index (Phi) is 50.0. The van der Waals surface area contributed by atoms with Gasteiger partial charge in [-0.1, -0.05) is 159 Å². The van der Waals surface area contributed by atoms with Crippen LogP contribution in [0, 0.1) is 11.8 Å². The van der Waals surface area contributed by atoms with E-state index in [0.29, 0.717) is 35.1 Å². The van der Waals surface area contributed by atoms with Crippen molar-refractivity contribution in [2.24, 2.45) is 11.8 Å². The molecule has 0 aliphatic carbocycles. The lowest BCUT2D eigenvalue weighted by atomic mass is 10.0. The molecule has 0 bridgehead atoms. The highest BCUT2D eigenvalue weighted by Gasteiger charge is 2.06. The van der Waals surface area contributed by atoms with Gasteiger partial charge >= 0.3 is 23.9 Å². The van der Waals surface area contributed by atoms with Crippen LogP contribution in [-0.2, 0) is 0 Å². The minimum atomic E-state index is -0.879. The van der Waals surface area contributed by atoms with Gasteiger partial charge in [-0.25, -0.2) is 19.2 Å². The van der Waals surface area contributed by atoms with Gasteiger partial charge < -0.3 is 40.9 Å². The van der Waals surface area contributed by atoms with Gasteiger partial charge in [0.1, 0.15) is 0 Å². The number of aliphatic hydroxyl groups excluding tert-OH is 4. The fourth-order valence-corrected chi connectivity index (χ4v) is 5.51. The zero-order valence-corrected chi connectivity index (χ0v) is 43.3. The van der Waals surface area contributed by atoms with Crippen molar-refractivity contribution >= 4 is 23.9 Å². The van der Waals surface area contributed by atoms with Crippen LogP contribution in [0.5, 0.6) is 0 Å². The molecule has 4 rings (SSSR count). The van der Waals surface area contributed by atoms with Crippen molar-refractivity contribution in [1.82, 2.24) is 0 Å². The van der Waals surface area contributed by atoms with Gasteiger partial charge in [0.2, 0.25) is 0 Å². The zero-order valence-electron chi connectivity index (χ0n) is 43.3. The van der Waals surface area contributed by atoms with Crippen LogP contribution >= 0.6 is 0 Å². The second kappa shape index (κ2) is 49.5. The van der Waals surface area contributed by atoms with Crippen molar-refractivity contribution in [1.29, 1.82) is 0 Å². The average molecular weight is 977 g/mol. The third-order valence-electron chi connectivity index (χ3n) is 9.46. The van der Waals surface area contributed by atoms with Crippen LogP contribution in [-0.4, -0.2) is 89.1 Å². The number of rotatable bonds is 20. The Hall–Kier alpha value is -5.92. The van der Waals surface area contributed by atoms with Gasteiger partial charge in [-0.05, 0) is 119 Å². The normalized spacial score (nSPS) is 12.1. The smallest absolute Gasteiger partial charge is 0.335 e. The number of carbonyl (C=O) groups is 4. The summed E-state index contributed by atoms with van der Waals surface area (Å²) in [4.78, 5) is 40.8. The lowest BCUT2D eigenvalue weighted by Crippen LogP contribution is -2.14. The van der Waals surface area contributed by atoms with Gasteiger partial charge in [-0.3, -0.25) is 0 Å². The summed E-state index contributed by atoms with van der Waals surface area (Å²) in [5.74, 6) is -1.79. The zero-order chi connectivity index (χ0) is 54.1. The van der Waals surface area contributed by atoms with E-state index < -0.39 is 23.9 Å². The maximum absolute atomic E-state index is 10.2. The van der Waals surface area contributed by atoms with E-state index in [4.69, 9.17) is 40.9 Å². The first-order chi connectivity index (χ1) is 33.2. The summed E-state index contributed by atoms with van der Waals surface area (Å²) in [5, 5.41) is 69.2. The minimum absolute atomic E-state index is 0.310. The molecule has 0 saturated carbocycles. The Morgan fingerprint density at radius 2 is 0.700 bits per heavy atom. The molecule has 0 aliphatic rings. The molecule has 0 amide bonds. The monoisotopic (exact) mass is 977 g/mol. The van der Waals surface area contributed by atoms with Crippen LogP contribution in [0.2, 0.25) is 0 Å². The maximum Gasteiger partial charge on any atom is 0.335 e. The Morgan fingerprint density at radius 1 is 0.429 bits per heavy atom.